The van der Waals surface area contributed by atoms with Crippen LogP contribution in [0.15, 0.2) is 0 Å². The molecule has 0 aliphatic rings. The highest BCUT2D eigenvalue weighted by Gasteiger charge is 2.24. The van der Waals surface area contributed by atoms with Gasteiger partial charge in [0.1, 0.15) is 0 Å². The van der Waals surface area contributed by atoms with Crippen molar-refractivity contribution in [3.05, 3.63) is 0 Å². The molecule has 0 fully saturated rings. The Morgan fingerprint density at radius 1 is 1.31 bits per heavy atom. The van der Waals surface area contributed by atoms with Crippen LogP contribution >= 0.6 is 7.82 Å². The van der Waals surface area contributed by atoms with Crippen molar-refractivity contribution in [1.29, 1.82) is 0 Å². The zero-order valence-electron chi connectivity index (χ0n) is 9.92. The lowest BCUT2D eigenvalue weighted by molar-refractivity contribution is 0.105. The van der Waals surface area contributed by atoms with Gasteiger partial charge in [-0.05, 0) is 19.4 Å². The summed E-state index contributed by atoms with van der Waals surface area (Å²) < 4.78 is 25.8. The molecule has 16 heavy (non-hydrogen) atoms. The summed E-state index contributed by atoms with van der Waals surface area (Å²) in [6.07, 6.45) is 2.60. The fourth-order valence-electron chi connectivity index (χ4n) is 1.18. The van der Waals surface area contributed by atoms with Crippen molar-refractivity contribution < 1.29 is 23.2 Å². The lowest BCUT2D eigenvalue weighted by Crippen LogP contribution is -2.14. The van der Waals surface area contributed by atoms with Crippen LogP contribution in [0.4, 0.5) is 0 Å². The third-order valence-corrected chi connectivity index (χ3v) is 3.60. The molecule has 3 N–H and O–H groups in total. The van der Waals surface area contributed by atoms with Gasteiger partial charge in [-0.2, -0.15) is 0 Å². The molecule has 0 aliphatic heterocycles. The van der Waals surface area contributed by atoms with Crippen molar-refractivity contribution >= 4 is 7.82 Å². The van der Waals surface area contributed by atoms with Gasteiger partial charge in [0.25, 0.3) is 0 Å². The summed E-state index contributed by atoms with van der Waals surface area (Å²) in [5.41, 5.74) is 5.36. The minimum absolute atomic E-state index is 0.0159. The second-order valence-corrected chi connectivity index (χ2v) is 5.32. The van der Waals surface area contributed by atoms with Gasteiger partial charge < -0.3 is 10.8 Å². The van der Waals surface area contributed by atoms with E-state index in [1.807, 2.05) is 0 Å². The summed E-state index contributed by atoms with van der Waals surface area (Å²) in [4.78, 5) is 0. The third-order valence-electron chi connectivity index (χ3n) is 2.24. The zero-order chi connectivity index (χ0) is 12.4. The standard InChI is InChI=1S/C9H22NO5P/c1-13-16(12,14-2)15-8-9(7-11)5-3-4-6-10/h9,11H,3-8,10H2,1-2H3. The maximum Gasteiger partial charge on any atom is 0.474 e. The summed E-state index contributed by atoms with van der Waals surface area (Å²) in [5.74, 6) is -0.0647. The first kappa shape index (κ1) is 16.0. The Morgan fingerprint density at radius 2 is 1.94 bits per heavy atom. The van der Waals surface area contributed by atoms with Crippen LogP contribution in [-0.4, -0.2) is 39.1 Å². The number of unbranched alkanes of at least 4 members (excludes halogenated alkanes) is 1. The zero-order valence-corrected chi connectivity index (χ0v) is 10.8. The van der Waals surface area contributed by atoms with Gasteiger partial charge in [0, 0.05) is 26.7 Å². The Kier molecular flexibility index (Phi) is 9.12. The summed E-state index contributed by atoms with van der Waals surface area (Å²) in [6.45, 7) is 0.770. The number of rotatable bonds is 10. The van der Waals surface area contributed by atoms with Crippen LogP contribution in [0.25, 0.3) is 0 Å². The quantitative estimate of drug-likeness (QED) is 0.449. The van der Waals surface area contributed by atoms with E-state index in [4.69, 9.17) is 15.4 Å². The van der Waals surface area contributed by atoms with Gasteiger partial charge in [-0.3, -0.25) is 13.6 Å². The molecule has 0 heterocycles. The van der Waals surface area contributed by atoms with Gasteiger partial charge in [-0.25, -0.2) is 4.57 Å². The molecule has 7 heteroatoms. The Morgan fingerprint density at radius 3 is 2.38 bits per heavy atom. The minimum Gasteiger partial charge on any atom is -0.396 e. The SMILES string of the molecule is COP(=O)(OC)OCC(CO)CCCCN. The third kappa shape index (κ3) is 6.58. The Labute approximate surface area is 96.7 Å². The molecule has 0 amide bonds. The van der Waals surface area contributed by atoms with Crippen LogP contribution in [0.3, 0.4) is 0 Å². The lowest BCUT2D eigenvalue weighted by atomic mass is 10.0. The Balaban J connectivity index is 3.89. The van der Waals surface area contributed by atoms with Crippen molar-refractivity contribution in [2.75, 3.05) is 34.0 Å². The van der Waals surface area contributed by atoms with Crippen LogP contribution < -0.4 is 5.73 Å². The van der Waals surface area contributed by atoms with Crippen molar-refractivity contribution in [1.82, 2.24) is 0 Å². The summed E-state index contributed by atoms with van der Waals surface area (Å²) in [6, 6.07) is 0. The van der Waals surface area contributed by atoms with Crippen molar-refractivity contribution in [3.8, 4) is 0 Å². The van der Waals surface area contributed by atoms with E-state index in [9.17, 15) is 4.57 Å². The van der Waals surface area contributed by atoms with E-state index in [-0.39, 0.29) is 19.1 Å². The van der Waals surface area contributed by atoms with Gasteiger partial charge in [0.15, 0.2) is 0 Å². The molecule has 0 rings (SSSR count). The average molecular weight is 255 g/mol. The first-order valence-corrected chi connectivity index (χ1v) is 6.75. The second-order valence-electron chi connectivity index (χ2n) is 3.44. The van der Waals surface area contributed by atoms with Crippen LogP contribution in [0.2, 0.25) is 0 Å². The number of hydrogen-bond acceptors (Lipinski definition) is 6. The van der Waals surface area contributed by atoms with Gasteiger partial charge >= 0.3 is 7.82 Å². The maximum atomic E-state index is 11.5. The van der Waals surface area contributed by atoms with Crippen molar-refractivity contribution in [3.63, 3.8) is 0 Å². The van der Waals surface area contributed by atoms with Crippen LogP contribution in [0, 0.1) is 5.92 Å². The maximum absolute atomic E-state index is 11.5. The Bertz CT molecular complexity index is 206. The number of phosphoric ester groups is 1. The predicted molar refractivity (Wildman–Crippen MR) is 61.1 cm³/mol. The van der Waals surface area contributed by atoms with Crippen LogP contribution in [0.1, 0.15) is 19.3 Å². The molecule has 98 valence electrons. The molecule has 6 nitrogen and oxygen atoms in total. The van der Waals surface area contributed by atoms with Gasteiger partial charge in [-0.1, -0.05) is 6.42 Å². The highest BCUT2D eigenvalue weighted by molar-refractivity contribution is 7.48. The molecule has 0 aliphatic carbocycles. The fourth-order valence-corrected chi connectivity index (χ4v) is 1.93. The summed E-state index contributed by atoms with van der Waals surface area (Å²) >= 11 is 0. The normalized spacial score (nSPS) is 14.0. The Hall–Kier alpha value is 0.0300. The van der Waals surface area contributed by atoms with Crippen molar-refractivity contribution in [2.45, 2.75) is 19.3 Å². The van der Waals surface area contributed by atoms with E-state index in [0.717, 1.165) is 19.3 Å². The highest BCUT2D eigenvalue weighted by Crippen LogP contribution is 2.47. The highest BCUT2D eigenvalue weighted by atomic mass is 31.2. The molecule has 0 spiro atoms. The monoisotopic (exact) mass is 255 g/mol. The topological polar surface area (TPSA) is 91.0 Å². The van der Waals surface area contributed by atoms with E-state index < -0.39 is 7.82 Å². The lowest BCUT2D eigenvalue weighted by Gasteiger charge is -2.18. The predicted octanol–water partition coefficient (Wildman–Crippen LogP) is 1.14. The molecule has 0 radical (unpaired) electrons. The number of hydrogen-bond donors (Lipinski definition) is 2. The largest absolute Gasteiger partial charge is 0.474 e. The number of nitrogens with two attached hydrogens (primary N) is 1. The van der Waals surface area contributed by atoms with Gasteiger partial charge in [0.05, 0.1) is 6.61 Å². The molecule has 0 aromatic heterocycles. The molecular formula is C9H22NO5P. The second kappa shape index (κ2) is 9.10. The molecule has 0 saturated carbocycles. The van der Waals surface area contributed by atoms with Gasteiger partial charge in [-0.15, -0.1) is 0 Å². The first-order valence-electron chi connectivity index (χ1n) is 5.28. The molecule has 0 aromatic rings. The van der Waals surface area contributed by atoms with E-state index in [1.165, 1.54) is 14.2 Å². The molecule has 0 bridgehead atoms. The molecule has 1 atom stereocenters. The van der Waals surface area contributed by atoms with Crippen LogP contribution in [-0.2, 0) is 18.1 Å². The molecule has 1 unspecified atom stereocenters. The number of aliphatic hydroxyl groups is 1. The molecule has 0 saturated heterocycles. The smallest absolute Gasteiger partial charge is 0.396 e. The number of aliphatic hydroxyl groups excluding tert-OH is 1. The van der Waals surface area contributed by atoms with Crippen molar-refractivity contribution in [2.24, 2.45) is 11.7 Å². The average Bonchev–Trinajstić information content (AvgIpc) is 2.33. The molecular weight excluding hydrogens is 233 g/mol. The van der Waals surface area contributed by atoms with E-state index in [2.05, 4.69) is 9.05 Å². The summed E-state index contributed by atoms with van der Waals surface area (Å²) in [5, 5.41) is 9.09. The first-order chi connectivity index (χ1) is 7.61. The number of phosphoric acid groups is 1. The fraction of sp³-hybridized carbons (Fsp3) is 1.00. The van der Waals surface area contributed by atoms with E-state index in [1.54, 1.807) is 0 Å². The minimum atomic E-state index is -3.42. The molecule has 0 aromatic carbocycles. The van der Waals surface area contributed by atoms with E-state index in [0.29, 0.717) is 6.54 Å². The summed E-state index contributed by atoms with van der Waals surface area (Å²) in [7, 11) is -0.910. The van der Waals surface area contributed by atoms with Gasteiger partial charge in [0.2, 0.25) is 0 Å². The van der Waals surface area contributed by atoms with E-state index >= 15 is 0 Å². The van der Waals surface area contributed by atoms with Crippen LogP contribution in [0.5, 0.6) is 0 Å².